The molecule has 0 aliphatic heterocycles. The van der Waals surface area contributed by atoms with E-state index in [0.29, 0.717) is 13.0 Å². The molecule has 0 saturated heterocycles. The van der Waals surface area contributed by atoms with Crippen molar-refractivity contribution in [3.05, 3.63) is 35.6 Å². The zero-order valence-electron chi connectivity index (χ0n) is 9.91. The van der Waals surface area contributed by atoms with Gasteiger partial charge >= 0.3 is 11.8 Å². The predicted octanol–water partition coefficient (Wildman–Crippen LogP) is -0.441. The van der Waals surface area contributed by atoms with Gasteiger partial charge in [0.1, 0.15) is 5.82 Å². The monoisotopic (exact) mass is 253 g/mol. The van der Waals surface area contributed by atoms with Gasteiger partial charge in [0.05, 0.1) is 0 Å². The molecule has 5 nitrogen and oxygen atoms in total. The maximum Gasteiger partial charge on any atom is 0.309 e. The van der Waals surface area contributed by atoms with E-state index in [-0.39, 0.29) is 18.9 Å². The molecule has 98 valence electrons. The van der Waals surface area contributed by atoms with Gasteiger partial charge in [-0.25, -0.2) is 4.39 Å². The van der Waals surface area contributed by atoms with Crippen molar-refractivity contribution in [2.24, 2.45) is 5.73 Å². The van der Waals surface area contributed by atoms with Crippen molar-refractivity contribution >= 4 is 11.8 Å². The number of amides is 2. The quantitative estimate of drug-likeness (QED) is 0.622. The van der Waals surface area contributed by atoms with Crippen molar-refractivity contribution in [3.8, 4) is 0 Å². The molecule has 1 rings (SSSR count). The van der Waals surface area contributed by atoms with E-state index in [1.165, 1.54) is 12.1 Å². The summed E-state index contributed by atoms with van der Waals surface area (Å²) in [4.78, 5) is 22.4. The van der Waals surface area contributed by atoms with Gasteiger partial charge in [0, 0.05) is 19.6 Å². The van der Waals surface area contributed by atoms with E-state index in [1.54, 1.807) is 12.1 Å². The summed E-state index contributed by atoms with van der Waals surface area (Å²) in [5.41, 5.74) is 6.08. The highest BCUT2D eigenvalue weighted by Gasteiger charge is 2.11. The lowest BCUT2D eigenvalue weighted by Gasteiger charge is -2.05. The average molecular weight is 253 g/mol. The Bertz CT molecular complexity index is 406. The van der Waals surface area contributed by atoms with Crippen molar-refractivity contribution in [3.63, 3.8) is 0 Å². The number of carbonyl (C=O) groups is 2. The van der Waals surface area contributed by atoms with Crippen LogP contribution in [-0.4, -0.2) is 31.4 Å². The van der Waals surface area contributed by atoms with E-state index in [1.807, 2.05) is 0 Å². The normalized spacial score (nSPS) is 9.89. The largest absolute Gasteiger partial charge is 0.348 e. The summed E-state index contributed by atoms with van der Waals surface area (Å²) in [6.45, 7) is 0.874. The summed E-state index contributed by atoms with van der Waals surface area (Å²) in [7, 11) is 0. The second-order valence-electron chi connectivity index (χ2n) is 3.68. The third-order valence-corrected chi connectivity index (χ3v) is 2.25. The Morgan fingerprint density at radius 3 is 2.17 bits per heavy atom. The van der Waals surface area contributed by atoms with Crippen molar-refractivity contribution in [1.82, 2.24) is 10.6 Å². The maximum absolute atomic E-state index is 12.6. The number of halogens is 1. The summed E-state index contributed by atoms with van der Waals surface area (Å²) in [6, 6.07) is 5.97. The first kappa shape index (κ1) is 14.1. The molecular formula is C12H16FN3O2. The number of hydrogen-bond acceptors (Lipinski definition) is 3. The summed E-state index contributed by atoms with van der Waals surface area (Å²) in [5, 5.41) is 4.83. The number of benzene rings is 1. The van der Waals surface area contributed by atoms with Gasteiger partial charge in [-0.2, -0.15) is 0 Å². The van der Waals surface area contributed by atoms with Crippen LogP contribution in [0.3, 0.4) is 0 Å². The van der Waals surface area contributed by atoms with Gasteiger partial charge < -0.3 is 16.4 Å². The van der Waals surface area contributed by atoms with E-state index in [0.717, 1.165) is 5.56 Å². The van der Waals surface area contributed by atoms with Gasteiger partial charge in [0.15, 0.2) is 0 Å². The lowest BCUT2D eigenvalue weighted by atomic mass is 10.1. The fourth-order valence-electron chi connectivity index (χ4n) is 1.32. The maximum atomic E-state index is 12.6. The summed E-state index contributed by atoms with van der Waals surface area (Å²) in [5.74, 6) is -1.69. The predicted molar refractivity (Wildman–Crippen MR) is 65.2 cm³/mol. The average Bonchev–Trinajstić information content (AvgIpc) is 2.38. The van der Waals surface area contributed by atoms with E-state index in [9.17, 15) is 14.0 Å². The second-order valence-corrected chi connectivity index (χ2v) is 3.68. The smallest absolute Gasteiger partial charge is 0.309 e. The molecule has 0 spiro atoms. The van der Waals surface area contributed by atoms with Gasteiger partial charge in [-0.1, -0.05) is 12.1 Å². The van der Waals surface area contributed by atoms with Crippen LogP contribution < -0.4 is 16.4 Å². The molecular weight excluding hydrogens is 237 g/mol. The Morgan fingerprint density at radius 2 is 1.61 bits per heavy atom. The molecule has 0 saturated carbocycles. The molecule has 6 heteroatoms. The number of hydrogen-bond donors (Lipinski definition) is 3. The Kier molecular flexibility index (Phi) is 5.79. The molecule has 0 heterocycles. The molecule has 18 heavy (non-hydrogen) atoms. The minimum Gasteiger partial charge on any atom is -0.348 e. The van der Waals surface area contributed by atoms with Crippen molar-refractivity contribution < 1.29 is 14.0 Å². The van der Waals surface area contributed by atoms with Crippen LogP contribution in [0.15, 0.2) is 24.3 Å². The van der Waals surface area contributed by atoms with Crippen LogP contribution in [0.5, 0.6) is 0 Å². The lowest BCUT2D eigenvalue weighted by Crippen LogP contribution is -2.42. The van der Waals surface area contributed by atoms with Crippen LogP contribution in [-0.2, 0) is 16.0 Å². The zero-order chi connectivity index (χ0) is 13.4. The van der Waals surface area contributed by atoms with Crippen LogP contribution in [0.1, 0.15) is 5.56 Å². The van der Waals surface area contributed by atoms with Crippen molar-refractivity contribution in [2.75, 3.05) is 19.6 Å². The fourth-order valence-corrected chi connectivity index (χ4v) is 1.32. The highest BCUT2D eigenvalue weighted by Crippen LogP contribution is 2.02. The number of nitrogens with one attached hydrogen (secondary N) is 2. The minimum absolute atomic E-state index is 0.268. The van der Waals surface area contributed by atoms with Crippen molar-refractivity contribution in [1.29, 1.82) is 0 Å². The third-order valence-electron chi connectivity index (χ3n) is 2.25. The standard InChI is InChI=1S/C12H16FN3O2/c13-10-3-1-9(2-4-10)5-7-15-11(17)12(18)16-8-6-14/h1-4H,5-8,14H2,(H,15,17)(H,16,18). The van der Waals surface area contributed by atoms with Gasteiger partial charge in [0.25, 0.3) is 0 Å². The molecule has 0 atom stereocenters. The van der Waals surface area contributed by atoms with E-state index < -0.39 is 11.8 Å². The van der Waals surface area contributed by atoms with Crippen LogP contribution in [0, 0.1) is 5.82 Å². The van der Waals surface area contributed by atoms with Crippen molar-refractivity contribution in [2.45, 2.75) is 6.42 Å². The number of rotatable bonds is 5. The topological polar surface area (TPSA) is 84.2 Å². The van der Waals surface area contributed by atoms with Gasteiger partial charge in [-0.05, 0) is 24.1 Å². The second kappa shape index (κ2) is 7.39. The first-order valence-electron chi connectivity index (χ1n) is 5.64. The van der Waals surface area contributed by atoms with Gasteiger partial charge in [-0.15, -0.1) is 0 Å². The molecule has 0 unspecified atom stereocenters. The Balaban J connectivity index is 2.27. The SMILES string of the molecule is NCCNC(=O)C(=O)NCCc1ccc(F)cc1. The van der Waals surface area contributed by atoms with Crippen LogP contribution >= 0.6 is 0 Å². The van der Waals surface area contributed by atoms with Gasteiger partial charge in [0.2, 0.25) is 0 Å². The van der Waals surface area contributed by atoms with Crippen LogP contribution in [0.4, 0.5) is 4.39 Å². The zero-order valence-corrected chi connectivity index (χ0v) is 9.91. The molecule has 0 radical (unpaired) electrons. The number of nitrogens with two attached hydrogens (primary N) is 1. The fraction of sp³-hybridized carbons (Fsp3) is 0.333. The third kappa shape index (κ3) is 4.92. The highest BCUT2D eigenvalue weighted by atomic mass is 19.1. The van der Waals surface area contributed by atoms with Crippen LogP contribution in [0.25, 0.3) is 0 Å². The first-order chi connectivity index (χ1) is 8.63. The molecule has 1 aromatic carbocycles. The molecule has 1 aromatic rings. The summed E-state index contributed by atoms with van der Waals surface area (Å²) >= 11 is 0. The lowest BCUT2D eigenvalue weighted by molar-refractivity contribution is -0.139. The Morgan fingerprint density at radius 1 is 1.06 bits per heavy atom. The van der Waals surface area contributed by atoms with E-state index >= 15 is 0 Å². The molecule has 0 aromatic heterocycles. The molecule has 0 bridgehead atoms. The number of carbonyl (C=O) groups excluding carboxylic acids is 2. The van der Waals surface area contributed by atoms with Crippen LogP contribution in [0.2, 0.25) is 0 Å². The minimum atomic E-state index is -0.695. The summed E-state index contributed by atoms with van der Waals surface area (Å²) < 4.78 is 12.6. The first-order valence-corrected chi connectivity index (χ1v) is 5.64. The van der Waals surface area contributed by atoms with E-state index in [4.69, 9.17) is 5.73 Å². The molecule has 4 N–H and O–H groups in total. The molecule has 0 aliphatic rings. The Hall–Kier alpha value is -1.95. The molecule has 0 fully saturated rings. The van der Waals surface area contributed by atoms with Gasteiger partial charge in [-0.3, -0.25) is 9.59 Å². The Labute approximate surface area is 105 Å². The molecule has 2 amide bonds. The highest BCUT2D eigenvalue weighted by molar-refractivity contribution is 6.35. The molecule has 0 aliphatic carbocycles. The summed E-state index contributed by atoms with van der Waals surface area (Å²) in [6.07, 6.45) is 0.538. The van der Waals surface area contributed by atoms with E-state index in [2.05, 4.69) is 10.6 Å².